The number of methoxy groups -OCH3 is 1. The zero-order valence-electron chi connectivity index (χ0n) is 17.4. The van der Waals surface area contributed by atoms with Crippen molar-refractivity contribution in [3.63, 3.8) is 0 Å². The molecule has 1 heterocycles. The quantitative estimate of drug-likeness (QED) is 0.494. The Balaban J connectivity index is 1.99. The molecule has 0 aliphatic heterocycles. The van der Waals surface area contributed by atoms with Gasteiger partial charge in [-0.25, -0.2) is 8.42 Å². The predicted molar refractivity (Wildman–Crippen MR) is 120 cm³/mol. The molecule has 1 aromatic heterocycles. The van der Waals surface area contributed by atoms with E-state index in [1.54, 1.807) is 44.4 Å². The molecular weight excluding hydrogens is 418 g/mol. The van der Waals surface area contributed by atoms with E-state index < -0.39 is 21.4 Å². The number of ether oxygens (including phenoxy) is 1. The summed E-state index contributed by atoms with van der Waals surface area (Å²) in [7, 11) is -2.33. The maximum Gasteiger partial charge on any atom is 0.264 e. The Morgan fingerprint density at radius 2 is 1.90 bits per heavy atom. The molecule has 0 saturated heterocycles. The van der Waals surface area contributed by atoms with Crippen LogP contribution in [0.1, 0.15) is 23.7 Å². The number of carbonyl (C=O) groups is 1. The van der Waals surface area contributed by atoms with Crippen molar-refractivity contribution in [2.45, 2.75) is 18.2 Å². The monoisotopic (exact) mass is 443 g/mol. The van der Waals surface area contributed by atoms with Crippen LogP contribution in [0.25, 0.3) is 10.9 Å². The maximum atomic E-state index is 13.3. The molecule has 8 nitrogen and oxygen atoms in total. The summed E-state index contributed by atoms with van der Waals surface area (Å²) in [4.78, 5) is 28.2. The van der Waals surface area contributed by atoms with Gasteiger partial charge in [0.25, 0.3) is 15.9 Å². The first-order chi connectivity index (χ1) is 14.9. The lowest BCUT2D eigenvalue weighted by Gasteiger charge is -2.23. The van der Waals surface area contributed by atoms with Crippen LogP contribution in [0, 0.1) is 0 Å². The molecular formula is C22H25N3O5S. The van der Waals surface area contributed by atoms with E-state index in [0.717, 1.165) is 0 Å². The fraction of sp³-hybridized carbons (Fsp3) is 0.273. The zero-order chi connectivity index (χ0) is 22.4. The normalized spacial score (nSPS) is 11.4. The van der Waals surface area contributed by atoms with Gasteiger partial charge in [-0.15, -0.1) is 0 Å². The van der Waals surface area contributed by atoms with Crippen LogP contribution in [-0.4, -0.2) is 46.1 Å². The van der Waals surface area contributed by atoms with Gasteiger partial charge in [0, 0.05) is 43.9 Å². The SMILES string of the molecule is CCN(c1ccccc1)S(=O)(=O)c1ccc2[nH]cc(C(=O)NCCCOC)c(=O)c2c1. The summed E-state index contributed by atoms with van der Waals surface area (Å²) in [6.07, 6.45) is 1.95. The van der Waals surface area contributed by atoms with Gasteiger partial charge in [-0.2, -0.15) is 0 Å². The predicted octanol–water partition coefficient (Wildman–Crippen LogP) is 2.51. The molecule has 0 aliphatic rings. The minimum absolute atomic E-state index is 0.0196. The van der Waals surface area contributed by atoms with E-state index in [2.05, 4.69) is 10.3 Å². The summed E-state index contributed by atoms with van der Waals surface area (Å²) >= 11 is 0. The van der Waals surface area contributed by atoms with Crippen molar-refractivity contribution in [1.82, 2.24) is 10.3 Å². The molecule has 31 heavy (non-hydrogen) atoms. The van der Waals surface area contributed by atoms with Gasteiger partial charge >= 0.3 is 0 Å². The van der Waals surface area contributed by atoms with Gasteiger partial charge in [0.1, 0.15) is 5.56 Å². The fourth-order valence-electron chi connectivity index (χ4n) is 3.25. The molecule has 9 heteroatoms. The number of benzene rings is 2. The molecule has 0 bridgehead atoms. The molecule has 3 rings (SSSR count). The van der Waals surface area contributed by atoms with Crippen LogP contribution in [0.15, 0.2) is 64.4 Å². The molecule has 164 valence electrons. The lowest BCUT2D eigenvalue weighted by molar-refractivity contribution is 0.0947. The Morgan fingerprint density at radius 1 is 1.16 bits per heavy atom. The number of amides is 1. The molecule has 0 atom stereocenters. The first-order valence-corrected chi connectivity index (χ1v) is 11.3. The molecule has 0 fully saturated rings. The van der Waals surface area contributed by atoms with Gasteiger partial charge in [-0.3, -0.25) is 13.9 Å². The number of anilines is 1. The lowest BCUT2D eigenvalue weighted by atomic mass is 10.1. The molecule has 0 aliphatic carbocycles. The number of pyridine rings is 1. The Labute approximate surface area is 180 Å². The van der Waals surface area contributed by atoms with Gasteiger partial charge in [0.05, 0.1) is 10.6 Å². The topological polar surface area (TPSA) is 109 Å². The molecule has 0 spiro atoms. The zero-order valence-corrected chi connectivity index (χ0v) is 18.2. The molecule has 0 unspecified atom stereocenters. The Bertz CT molecular complexity index is 1220. The average molecular weight is 444 g/mol. The fourth-order valence-corrected chi connectivity index (χ4v) is 4.75. The van der Waals surface area contributed by atoms with Crippen molar-refractivity contribution in [3.05, 3.63) is 70.5 Å². The molecule has 2 N–H and O–H groups in total. The third-order valence-electron chi connectivity index (χ3n) is 4.83. The highest BCUT2D eigenvalue weighted by molar-refractivity contribution is 7.92. The number of H-pyrrole nitrogens is 1. The van der Waals surface area contributed by atoms with Crippen molar-refractivity contribution in [3.8, 4) is 0 Å². The van der Waals surface area contributed by atoms with Gasteiger partial charge < -0.3 is 15.0 Å². The maximum absolute atomic E-state index is 13.3. The van der Waals surface area contributed by atoms with Crippen LogP contribution in [-0.2, 0) is 14.8 Å². The second kappa shape index (κ2) is 9.76. The van der Waals surface area contributed by atoms with Gasteiger partial charge in [0.15, 0.2) is 0 Å². The average Bonchev–Trinajstić information content (AvgIpc) is 2.77. The number of hydrogen-bond donors (Lipinski definition) is 2. The van der Waals surface area contributed by atoms with E-state index in [1.807, 2.05) is 0 Å². The van der Waals surface area contributed by atoms with Crippen molar-refractivity contribution < 1.29 is 17.9 Å². The summed E-state index contributed by atoms with van der Waals surface area (Å²) in [5, 5.41) is 2.80. The Hall–Kier alpha value is -3.17. The number of fused-ring (bicyclic) bond motifs is 1. The molecule has 0 saturated carbocycles. The van der Waals surface area contributed by atoms with Gasteiger partial charge in [-0.1, -0.05) is 18.2 Å². The Morgan fingerprint density at radius 3 is 2.58 bits per heavy atom. The van der Waals surface area contributed by atoms with Crippen LogP contribution in [0.3, 0.4) is 0 Å². The smallest absolute Gasteiger partial charge is 0.264 e. The van der Waals surface area contributed by atoms with Crippen molar-refractivity contribution in [1.29, 1.82) is 0 Å². The van der Waals surface area contributed by atoms with Gasteiger partial charge in [0.2, 0.25) is 5.43 Å². The molecule has 2 aromatic carbocycles. The number of aromatic nitrogens is 1. The number of para-hydroxylation sites is 1. The molecule has 3 aromatic rings. The first kappa shape index (κ1) is 22.5. The molecule has 0 radical (unpaired) electrons. The van der Waals surface area contributed by atoms with E-state index >= 15 is 0 Å². The number of sulfonamides is 1. The van der Waals surface area contributed by atoms with Crippen LogP contribution in [0.2, 0.25) is 0 Å². The first-order valence-electron chi connectivity index (χ1n) is 9.90. The number of carbonyl (C=O) groups excluding carboxylic acids is 1. The van der Waals surface area contributed by atoms with Crippen molar-refractivity contribution in [2.75, 3.05) is 31.1 Å². The largest absolute Gasteiger partial charge is 0.385 e. The number of nitrogens with zero attached hydrogens (tertiary/aromatic N) is 1. The van der Waals surface area contributed by atoms with Crippen molar-refractivity contribution >= 4 is 32.5 Å². The van der Waals surface area contributed by atoms with E-state index in [9.17, 15) is 18.0 Å². The Kier molecular flexibility index (Phi) is 7.09. The highest BCUT2D eigenvalue weighted by atomic mass is 32.2. The van der Waals surface area contributed by atoms with Gasteiger partial charge in [-0.05, 0) is 43.7 Å². The summed E-state index contributed by atoms with van der Waals surface area (Å²) in [5.74, 6) is -0.521. The second-order valence-electron chi connectivity index (χ2n) is 6.85. The van der Waals surface area contributed by atoms with Crippen LogP contribution in [0.4, 0.5) is 5.69 Å². The highest BCUT2D eigenvalue weighted by Gasteiger charge is 2.24. The van der Waals surface area contributed by atoms with E-state index in [4.69, 9.17) is 4.74 Å². The highest BCUT2D eigenvalue weighted by Crippen LogP contribution is 2.24. The molecule has 1 amide bonds. The van der Waals surface area contributed by atoms with E-state index in [1.165, 1.54) is 28.7 Å². The van der Waals surface area contributed by atoms with Crippen LogP contribution < -0.4 is 15.1 Å². The third-order valence-corrected chi connectivity index (χ3v) is 6.73. The summed E-state index contributed by atoms with van der Waals surface area (Å²) in [6, 6.07) is 13.0. The summed E-state index contributed by atoms with van der Waals surface area (Å²) < 4.78 is 32.7. The number of hydrogen-bond acceptors (Lipinski definition) is 5. The minimum atomic E-state index is -3.90. The van der Waals surface area contributed by atoms with Crippen LogP contribution >= 0.6 is 0 Å². The third kappa shape index (κ3) is 4.78. The van der Waals surface area contributed by atoms with E-state index in [0.29, 0.717) is 30.8 Å². The number of aromatic amines is 1. The van der Waals surface area contributed by atoms with E-state index in [-0.39, 0.29) is 22.4 Å². The second-order valence-corrected chi connectivity index (χ2v) is 8.71. The lowest BCUT2D eigenvalue weighted by Crippen LogP contribution is -2.31. The van der Waals surface area contributed by atoms with Crippen LogP contribution in [0.5, 0.6) is 0 Å². The number of rotatable bonds is 9. The van der Waals surface area contributed by atoms with Crippen molar-refractivity contribution in [2.24, 2.45) is 0 Å². The standard InChI is InChI=1S/C22H25N3O5S/c1-3-25(16-8-5-4-6-9-16)31(28,29)17-10-11-20-18(14-17)21(26)19(15-24-20)22(27)23-12-7-13-30-2/h4-6,8-11,14-15H,3,7,12-13H2,1-2H3,(H,23,27)(H,24,26). The number of nitrogens with one attached hydrogen (secondary N) is 2. The summed E-state index contributed by atoms with van der Waals surface area (Å²) in [6.45, 7) is 2.82. The minimum Gasteiger partial charge on any atom is -0.385 e. The summed E-state index contributed by atoms with van der Waals surface area (Å²) in [5.41, 5.74) is 0.374.